The fourth-order valence-electron chi connectivity index (χ4n) is 3.52. The highest BCUT2D eigenvalue weighted by Gasteiger charge is 2.23. The minimum atomic E-state index is -2.79. The molecule has 8 heteroatoms. The quantitative estimate of drug-likeness (QED) is 0.412. The second-order valence-corrected chi connectivity index (χ2v) is 8.65. The number of rotatable bonds is 5. The van der Waals surface area contributed by atoms with Crippen LogP contribution in [0.3, 0.4) is 0 Å². The van der Waals surface area contributed by atoms with E-state index in [9.17, 15) is 13.6 Å². The molecule has 0 aliphatic rings. The third-order valence-corrected chi connectivity index (χ3v) is 5.35. The topological polar surface area (TPSA) is 68.5 Å². The van der Waals surface area contributed by atoms with Gasteiger partial charge in [0, 0.05) is 5.56 Å². The molecular weight excluding hydrogens is 426 g/mol. The summed E-state index contributed by atoms with van der Waals surface area (Å²) < 4.78 is 34.0. The van der Waals surface area contributed by atoms with Gasteiger partial charge in [0.2, 0.25) is 0 Å². The summed E-state index contributed by atoms with van der Waals surface area (Å²) in [4.78, 5) is 17.7. The molecular formula is C25H24F2N4O2. The smallest absolute Gasteiger partial charge is 0.280 e. The van der Waals surface area contributed by atoms with Crippen molar-refractivity contribution in [1.29, 1.82) is 0 Å². The van der Waals surface area contributed by atoms with E-state index in [1.54, 1.807) is 30.3 Å². The first kappa shape index (κ1) is 22.4. The van der Waals surface area contributed by atoms with Crippen molar-refractivity contribution in [2.45, 2.75) is 32.6 Å². The molecule has 6 nitrogen and oxygen atoms in total. The largest absolute Gasteiger partial charge is 0.495 e. The number of carbonyl (C=O) groups excluding carboxylic acids is 1. The van der Waals surface area contributed by atoms with E-state index in [1.807, 2.05) is 18.2 Å². The molecule has 2 heterocycles. The minimum absolute atomic E-state index is 0.0510. The first-order valence-corrected chi connectivity index (χ1v) is 10.4. The minimum Gasteiger partial charge on any atom is -0.495 e. The Morgan fingerprint density at radius 3 is 2.45 bits per heavy atom. The van der Waals surface area contributed by atoms with Gasteiger partial charge in [-0.3, -0.25) is 4.79 Å². The normalized spacial score (nSPS) is 11.7. The summed E-state index contributed by atoms with van der Waals surface area (Å²) in [5.41, 5.74) is 2.12. The van der Waals surface area contributed by atoms with E-state index in [-0.39, 0.29) is 22.3 Å². The maximum absolute atomic E-state index is 13.8. The molecule has 0 fully saturated rings. The molecule has 4 aromatic rings. The van der Waals surface area contributed by atoms with Crippen LogP contribution in [0.25, 0.3) is 16.9 Å². The number of anilines is 1. The number of benzene rings is 2. The lowest BCUT2D eigenvalue weighted by molar-refractivity contribution is 0.102. The van der Waals surface area contributed by atoms with Crippen LogP contribution in [-0.4, -0.2) is 27.6 Å². The van der Waals surface area contributed by atoms with Crippen molar-refractivity contribution in [2.24, 2.45) is 0 Å². The number of halogens is 2. The SMILES string of the molecule is COc1ccc(C(C)(C)C)cc1NC(=O)c1cnn2c(C(F)F)cc(-c3ccccc3)nc12. The van der Waals surface area contributed by atoms with Crippen LogP contribution in [0, 0.1) is 0 Å². The average molecular weight is 450 g/mol. The predicted molar refractivity (Wildman–Crippen MR) is 123 cm³/mol. The van der Waals surface area contributed by atoms with Gasteiger partial charge in [-0.05, 0) is 29.2 Å². The molecule has 0 unspecified atom stereocenters. The lowest BCUT2D eigenvalue weighted by atomic mass is 9.87. The zero-order valence-corrected chi connectivity index (χ0v) is 18.8. The summed E-state index contributed by atoms with van der Waals surface area (Å²) in [6, 6.07) is 15.8. The highest BCUT2D eigenvalue weighted by atomic mass is 19.3. The van der Waals surface area contributed by atoms with Crippen molar-refractivity contribution >= 4 is 17.2 Å². The Labute approximate surface area is 190 Å². The number of hydrogen-bond acceptors (Lipinski definition) is 4. The Hall–Kier alpha value is -3.81. The van der Waals surface area contributed by atoms with Crippen molar-refractivity contribution in [3.05, 3.63) is 77.6 Å². The van der Waals surface area contributed by atoms with Gasteiger partial charge in [-0.1, -0.05) is 57.2 Å². The summed E-state index contributed by atoms with van der Waals surface area (Å²) in [6.07, 6.45) is -1.55. The Balaban J connectivity index is 1.79. The molecule has 2 aromatic heterocycles. The summed E-state index contributed by atoms with van der Waals surface area (Å²) in [5.74, 6) is -0.0358. The number of alkyl halides is 2. The first-order chi connectivity index (χ1) is 15.7. The molecule has 4 rings (SSSR count). The molecule has 170 valence electrons. The summed E-state index contributed by atoms with van der Waals surface area (Å²) in [5, 5.41) is 6.85. The molecule has 0 saturated carbocycles. The van der Waals surface area contributed by atoms with Gasteiger partial charge in [0.1, 0.15) is 17.0 Å². The van der Waals surface area contributed by atoms with Gasteiger partial charge in [-0.25, -0.2) is 18.3 Å². The number of fused-ring (bicyclic) bond motifs is 1. The highest BCUT2D eigenvalue weighted by molar-refractivity contribution is 6.09. The zero-order valence-electron chi connectivity index (χ0n) is 18.8. The number of amides is 1. The highest BCUT2D eigenvalue weighted by Crippen LogP contribution is 2.32. The van der Waals surface area contributed by atoms with E-state index in [4.69, 9.17) is 4.74 Å². The number of nitrogens with one attached hydrogen (secondary N) is 1. The van der Waals surface area contributed by atoms with Gasteiger partial charge in [-0.2, -0.15) is 5.10 Å². The van der Waals surface area contributed by atoms with Crippen molar-refractivity contribution in [3.63, 3.8) is 0 Å². The molecule has 0 aliphatic carbocycles. The number of methoxy groups -OCH3 is 1. The van der Waals surface area contributed by atoms with Crippen LogP contribution in [0.4, 0.5) is 14.5 Å². The van der Waals surface area contributed by atoms with Crippen LogP contribution < -0.4 is 10.1 Å². The van der Waals surface area contributed by atoms with E-state index in [2.05, 4.69) is 36.2 Å². The lowest BCUT2D eigenvalue weighted by Crippen LogP contribution is -2.16. The molecule has 0 radical (unpaired) electrons. The average Bonchev–Trinajstić information content (AvgIpc) is 3.22. The number of ether oxygens (including phenoxy) is 1. The Kier molecular flexibility index (Phi) is 5.84. The molecule has 33 heavy (non-hydrogen) atoms. The molecule has 0 spiro atoms. The van der Waals surface area contributed by atoms with Gasteiger partial charge in [-0.15, -0.1) is 0 Å². The van der Waals surface area contributed by atoms with Gasteiger partial charge < -0.3 is 10.1 Å². The van der Waals surface area contributed by atoms with Crippen molar-refractivity contribution in [3.8, 4) is 17.0 Å². The second kappa shape index (κ2) is 8.61. The molecule has 0 aliphatic heterocycles. The van der Waals surface area contributed by atoms with Crippen LogP contribution in [0.1, 0.15) is 48.8 Å². The van der Waals surface area contributed by atoms with E-state index >= 15 is 0 Å². The first-order valence-electron chi connectivity index (χ1n) is 10.4. The lowest BCUT2D eigenvalue weighted by Gasteiger charge is -2.21. The fourth-order valence-corrected chi connectivity index (χ4v) is 3.52. The Morgan fingerprint density at radius 1 is 1.09 bits per heavy atom. The molecule has 0 saturated heterocycles. The van der Waals surface area contributed by atoms with Gasteiger partial charge in [0.25, 0.3) is 12.3 Å². The third-order valence-electron chi connectivity index (χ3n) is 5.35. The van der Waals surface area contributed by atoms with Gasteiger partial charge in [0.05, 0.1) is 24.7 Å². The third kappa shape index (κ3) is 4.41. The van der Waals surface area contributed by atoms with E-state index in [0.29, 0.717) is 22.7 Å². The number of hydrogen-bond donors (Lipinski definition) is 1. The number of carbonyl (C=O) groups is 1. The van der Waals surface area contributed by atoms with E-state index < -0.39 is 12.3 Å². The monoisotopic (exact) mass is 450 g/mol. The Bertz CT molecular complexity index is 1310. The maximum Gasteiger partial charge on any atom is 0.280 e. The second-order valence-electron chi connectivity index (χ2n) is 8.65. The summed E-state index contributed by atoms with van der Waals surface area (Å²) in [6.45, 7) is 6.19. The van der Waals surface area contributed by atoms with E-state index in [0.717, 1.165) is 10.1 Å². The van der Waals surface area contributed by atoms with Crippen molar-refractivity contribution in [1.82, 2.24) is 14.6 Å². The van der Waals surface area contributed by atoms with E-state index in [1.165, 1.54) is 19.4 Å². The van der Waals surface area contributed by atoms with Crippen molar-refractivity contribution in [2.75, 3.05) is 12.4 Å². The molecule has 0 bridgehead atoms. The van der Waals surface area contributed by atoms with Crippen LogP contribution in [-0.2, 0) is 5.41 Å². The fraction of sp³-hybridized carbons (Fsp3) is 0.240. The zero-order chi connectivity index (χ0) is 23.8. The van der Waals surface area contributed by atoms with Crippen LogP contribution >= 0.6 is 0 Å². The Morgan fingerprint density at radius 2 is 1.82 bits per heavy atom. The molecule has 1 N–H and O–H groups in total. The maximum atomic E-state index is 13.8. The van der Waals surface area contributed by atoms with Crippen molar-refractivity contribution < 1.29 is 18.3 Å². The number of aromatic nitrogens is 3. The van der Waals surface area contributed by atoms with Crippen LogP contribution in [0.5, 0.6) is 5.75 Å². The summed E-state index contributed by atoms with van der Waals surface area (Å²) in [7, 11) is 1.51. The molecule has 2 aromatic carbocycles. The predicted octanol–water partition coefficient (Wildman–Crippen LogP) is 5.89. The molecule has 0 atom stereocenters. The number of nitrogens with zero attached hydrogens (tertiary/aromatic N) is 3. The van der Waals surface area contributed by atoms with Crippen LogP contribution in [0.15, 0.2) is 60.8 Å². The molecule has 1 amide bonds. The summed E-state index contributed by atoms with van der Waals surface area (Å²) >= 11 is 0. The van der Waals surface area contributed by atoms with Gasteiger partial charge >= 0.3 is 0 Å². The van der Waals surface area contributed by atoms with Gasteiger partial charge in [0.15, 0.2) is 5.65 Å². The van der Waals surface area contributed by atoms with Crippen LogP contribution in [0.2, 0.25) is 0 Å². The standard InChI is InChI=1S/C25H24F2N4O2/c1-25(2,3)16-10-11-21(33-4)19(12-16)30-24(32)17-14-28-31-20(22(26)27)13-18(29-23(17)31)15-8-6-5-7-9-15/h5-14,22H,1-4H3,(H,30,32).